The summed E-state index contributed by atoms with van der Waals surface area (Å²) in [7, 11) is 0. The predicted molar refractivity (Wildman–Crippen MR) is 89.1 cm³/mol. The Morgan fingerprint density at radius 1 is 1.10 bits per heavy atom. The molecule has 20 heavy (non-hydrogen) atoms. The Morgan fingerprint density at radius 3 is 2.00 bits per heavy atom. The van der Waals surface area contributed by atoms with E-state index in [0.717, 1.165) is 13.0 Å². The van der Waals surface area contributed by atoms with Crippen LogP contribution in [0.15, 0.2) is 24.3 Å². The van der Waals surface area contributed by atoms with Gasteiger partial charge in [0.25, 0.3) is 0 Å². The number of nitrogens with zero attached hydrogens (tertiary/aromatic N) is 1. The fraction of sp³-hybridized carbons (Fsp3) is 0.667. The number of hydrogen-bond donors (Lipinski definition) is 1. The van der Waals surface area contributed by atoms with Gasteiger partial charge in [-0.25, -0.2) is 0 Å². The van der Waals surface area contributed by atoms with Gasteiger partial charge < -0.3 is 5.73 Å². The van der Waals surface area contributed by atoms with E-state index < -0.39 is 0 Å². The maximum atomic E-state index is 6.06. The smallest absolute Gasteiger partial charge is 0.0473 e. The van der Waals surface area contributed by atoms with Crippen LogP contribution < -0.4 is 5.73 Å². The zero-order chi connectivity index (χ0) is 15.3. The Labute approximate surface area is 125 Å². The van der Waals surface area contributed by atoms with Crippen LogP contribution in [0.25, 0.3) is 0 Å². The molecule has 0 amide bonds. The van der Waals surface area contributed by atoms with Crippen LogP contribution in [0.4, 0.5) is 0 Å². The van der Waals surface area contributed by atoms with Gasteiger partial charge in [0.2, 0.25) is 0 Å². The average Bonchev–Trinajstić information content (AvgIpc) is 2.38. The lowest BCUT2D eigenvalue weighted by atomic mass is 9.86. The number of rotatable bonds is 6. The molecule has 2 N–H and O–H groups in total. The van der Waals surface area contributed by atoms with E-state index in [1.807, 2.05) is 0 Å². The van der Waals surface area contributed by atoms with Crippen molar-refractivity contribution in [3.8, 4) is 0 Å². The van der Waals surface area contributed by atoms with Crippen LogP contribution in [0, 0.1) is 0 Å². The standard InChI is InChI=1S/C18H32N2/c1-7-12-20(14(2)3)17(13-19)15-8-10-16(11-9-15)18(4,5)6/h8-11,14,17H,7,12-13,19H2,1-6H3. The summed E-state index contributed by atoms with van der Waals surface area (Å²) in [5.41, 5.74) is 8.98. The Morgan fingerprint density at radius 2 is 1.65 bits per heavy atom. The molecule has 2 heteroatoms. The average molecular weight is 276 g/mol. The Bertz CT molecular complexity index is 387. The van der Waals surface area contributed by atoms with Crippen LogP contribution in [0.3, 0.4) is 0 Å². The molecule has 0 radical (unpaired) electrons. The monoisotopic (exact) mass is 276 g/mol. The van der Waals surface area contributed by atoms with Crippen molar-refractivity contribution in [3.05, 3.63) is 35.4 Å². The molecule has 0 aliphatic carbocycles. The topological polar surface area (TPSA) is 29.3 Å². The number of benzene rings is 1. The first-order valence-electron chi connectivity index (χ1n) is 7.87. The molecule has 0 aliphatic heterocycles. The van der Waals surface area contributed by atoms with E-state index in [0.29, 0.717) is 18.6 Å². The van der Waals surface area contributed by atoms with Gasteiger partial charge >= 0.3 is 0 Å². The number of hydrogen-bond acceptors (Lipinski definition) is 2. The lowest BCUT2D eigenvalue weighted by molar-refractivity contribution is 0.157. The lowest BCUT2D eigenvalue weighted by Crippen LogP contribution is -2.39. The van der Waals surface area contributed by atoms with E-state index in [9.17, 15) is 0 Å². The first-order chi connectivity index (χ1) is 9.31. The molecule has 1 rings (SSSR count). The number of nitrogens with two attached hydrogens (primary N) is 1. The zero-order valence-electron chi connectivity index (χ0n) is 14.1. The van der Waals surface area contributed by atoms with E-state index in [1.165, 1.54) is 11.1 Å². The molecule has 0 heterocycles. The second-order valence-corrected chi connectivity index (χ2v) is 6.96. The molecular weight excluding hydrogens is 244 g/mol. The first kappa shape index (κ1) is 17.2. The van der Waals surface area contributed by atoms with Gasteiger partial charge in [-0.15, -0.1) is 0 Å². The van der Waals surface area contributed by atoms with E-state index >= 15 is 0 Å². The fourth-order valence-corrected chi connectivity index (χ4v) is 2.70. The minimum absolute atomic E-state index is 0.206. The molecule has 0 saturated heterocycles. The molecule has 0 spiro atoms. The molecule has 1 atom stereocenters. The van der Waals surface area contributed by atoms with Crippen LogP contribution in [0.1, 0.15) is 65.1 Å². The van der Waals surface area contributed by atoms with Crippen LogP contribution in [0.2, 0.25) is 0 Å². The fourth-order valence-electron chi connectivity index (χ4n) is 2.70. The summed E-state index contributed by atoms with van der Waals surface area (Å²) in [5, 5.41) is 0. The summed E-state index contributed by atoms with van der Waals surface area (Å²) in [4.78, 5) is 2.51. The van der Waals surface area contributed by atoms with E-state index in [2.05, 4.69) is 70.7 Å². The predicted octanol–water partition coefficient (Wildman–Crippen LogP) is 4.10. The van der Waals surface area contributed by atoms with Gasteiger partial charge in [0.1, 0.15) is 0 Å². The zero-order valence-corrected chi connectivity index (χ0v) is 14.1. The van der Waals surface area contributed by atoms with Crippen molar-refractivity contribution in [3.63, 3.8) is 0 Å². The van der Waals surface area contributed by atoms with Gasteiger partial charge in [-0.2, -0.15) is 0 Å². The van der Waals surface area contributed by atoms with Crippen LogP contribution in [-0.4, -0.2) is 24.0 Å². The highest BCUT2D eigenvalue weighted by Gasteiger charge is 2.21. The van der Waals surface area contributed by atoms with Gasteiger partial charge in [0, 0.05) is 18.6 Å². The Balaban J connectivity index is 3.00. The second-order valence-electron chi connectivity index (χ2n) is 6.96. The highest BCUT2D eigenvalue weighted by atomic mass is 15.2. The van der Waals surface area contributed by atoms with Crippen molar-refractivity contribution >= 4 is 0 Å². The second kappa shape index (κ2) is 7.24. The molecule has 1 aromatic rings. The normalized spacial score (nSPS) is 14.1. The molecule has 0 aliphatic rings. The van der Waals surface area contributed by atoms with E-state index in [4.69, 9.17) is 5.73 Å². The molecule has 114 valence electrons. The third kappa shape index (κ3) is 4.32. The maximum absolute atomic E-state index is 6.06. The van der Waals surface area contributed by atoms with Crippen molar-refractivity contribution in [2.24, 2.45) is 5.73 Å². The van der Waals surface area contributed by atoms with Gasteiger partial charge in [-0.05, 0) is 43.4 Å². The lowest BCUT2D eigenvalue weighted by Gasteiger charge is -2.34. The summed E-state index contributed by atoms with van der Waals surface area (Å²) in [6, 6.07) is 9.85. The van der Waals surface area contributed by atoms with E-state index in [-0.39, 0.29) is 5.41 Å². The van der Waals surface area contributed by atoms with Crippen LogP contribution in [-0.2, 0) is 5.41 Å². The molecule has 1 unspecified atom stereocenters. The summed E-state index contributed by atoms with van der Waals surface area (Å²) in [5.74, 6) is 0. The highest BCUT2D eigenvalue weighted by Crippen LogP contribution is 2.27. The van der Waals surface area contributed by atoms with Crippen molar-refractivity contribution < 1.29 is 0 Å². The minimum atomic E-state index is 0.206. The van der Waals surface area contributed by atoms with Crippen molar-refractivity contribution in [2.45, 2.75) is 65.5 Å². The Hall–Kier alpha value is -0.860. The third-order valence-electron chi connectivity index (χ3n) is 3.93. The first-order valence-corrected chi connectivity index (χ1v) is 7.87. The molecule has 0 bridgehead atoms. The van der Waals surface area contributed by atoms with Gasteiger partial charge in [0.05, 0.1) is 0 Å². The quantitative estimate of drug-likeness (QED) is 0.847. The molecule has 1 aromatic carbocycles. The van der Waals surface area contributed by atoms with Gasteiger partial charge in [-0.1, -0.05) is 52.0 Å². The summed E-state index contributed by atoms with van der Waals surface area (Å²) < 4.78 is 0. The summed E-state index contributed by atoms with van der Waals surface area (Å²) in [6.07, 6.45) is 1.16. The minimum Gasteiger partial charge on any atom is -0.329 e. The SMILES string of the molecule is CCCN(C(C)C)C(CN)c1ccc(C(C)(C)C)cc1. The largest absolute Gasteiger partial charge is 0.329 e. The maximum Gasteiger partial charge on any atom is 0.0473 e. The van der Waals surface area contributed by atoms with Crippen molar-refractivity contribution in [1.29, 1.82) is 0 Å². The Kier molecular flexibility index (Phi) is 6.22. The van der Waals surface area contributed by atoms with Gasteiger partial charge in [-0.3, -0.25) is 4.90 Å². The van der Waals surface area contributed by atoms with Crippen LogP contribution >= 0.6 is 0 Å². The van der Waals surface area contributed by atoms with Crippen LogP contribution in [0.5, 0.6) is 0 Å². The summed E-state index contributed by atoms with van der Waals surface area (Å²) in [6.45, 7) is 15.3. The van der Waals surface area contributed by atoms with E-state index in [1.54, 1.807) is 0 Å². The third-order valence-corrected chi connectivity index (χ3v) is 3.93. The molecule has 0 aromatic heterocycles. The van der Waals surface area contributed by atoms with Crippen molar-refractivity contribution in [1.82, 2.24) is 4.90 Å². The van der Waals surface area contributed by atoms with Gasteiger partial charge in [0.15, 0.2) is 0 Å². The summed E-state index contributed by atoms with van der Waals surface area (Å²) >= 11 is 0. The highest BCUT2D eigenvalue weighted by molar-refractivity contribution is 5.29. The molecule has 0 saturated carbocycles. The van der Waals surface area contributed by atoms with Crippen molar-refractivity contribution in [2.75, 3.05) is 13.1 Å². The molecule has 0 fully saturated rings. The molecular formula is C18H32N2. The molecule has 2 nitrogen and oxygen atoms in total.